The molecule has 1 heterocycles. The van der Waals surface area contributed by atoms with Crippen LogP contribution in [0.5, 0.6) is 0 Å². The molecule has 9 heteroatoms. The van der Waals surface area contributed by atoms with Crippen LogP contribution >= 0.6 is 11.3 Å². The molecule has 0 saturated heterocycles. The predicted octanol–water partition coefficient (Wildman–Crippen LogP) is 3.39. The standard InChI is InChI=1S/C16H24N2O6S/c1-15(2,3)23-11(19)7-9(12(20)21)10-8-25-13(17-10)18-14(22)24-16(4,5)6/h8-9H,7H2,1-6H3,(H,20,21)(H,17,18,22). The Kier molecular flexibility index (Phi) is 6.53. The van der Waals surface area contributed by atoms with Crippen LogP contribution in [0.4, 0.5) is 9.93 Å². The average Bonchev–Trinajstić information content (AvgIpc) is 2.78. The Morgan fingerprint density at radius 2 is 1.72 bits per heavy atom. The van der Waals surface area contributed by atoms with Crippen molar-refractivity contribution >= 4 is 34.5 Å². The summed E-state index contributed by atoms with van der Waals surface area (Å²) in [7, 11) is 0. The van der Waals surface area contributed by atoms with Gasteiger partial charge in [-0.2, -0.15) is 0 Å². The zero-order valence-corrected chi connectivity index (χ0v) is 16.0. The number of aromatic nitrogens is 1. The van der Waals surface area contributed by atoms with Gasteiger partial charge in [0.05, 0.1) is 12.1 Å². The normalized spacial score (nSPS) is 13.0. The minimum Gasteiger partial charge on any atom is -0.481 e. The number of hydrogen-bond acceptors (Lipinski definition) is 7. The van der Waals surface area contributed by atoms with Gasteiger partial charge >= 0.3 is 18.0 Å². The summed E-state index contributed by atoms with van der Waals surface area (Å²) in [5.74, 6) is -2.98. The number of nitrogens with zero attached hydrogens (tertiary/aromatic N) is 1. The Morgan fingerprint density at radius 1 is 1.16 bits per heavy atom. The smallest absolute Gasteiger partial charge is 0.413 e. The van der Waals surface area contributed by atoms with Crippen LogP contribution in [-0.2, 0) is 19.1 Å². The lowest BCUT2D eigenvalue weighted by Crippen LogP contribution is -2.27. The molecule has 25 heavy (non-hydrogen) atoms. The molecule has 8 nitrogen and oxygen atoms in total. The molecule has 0 aromatic carbocycles. The monoisotopic (exact) mass is 372 g/mol. The molecule has 0 aliphatic heterocycles. The molecule has 0 saturated carbocycles. The maximum atomic E-state index is 11.9. The SMILES string of the molecule is CC(C)(C)OC(=O)CC(C(=O)O)c1csc(NC(=O)OC(C)(C)C)n1. The number of hydrogen-bond donors (Lipinski definition) is 2. The van der Waals surface area contributed by atoms with E-state index in [9.17, 15) is 19.5 Å². The number of rotatable bonds is 5. The molecule has 1 amide bonds. The van der Waals surface area contributed by atoms with Crippen molar-refractivity contribution in [3.63, 3.8) is 0 Å². The fraction of sp³-hybridized carbons (Fsp3) is 0.625. The molecule has 0 fully saturated rings. The van der Waals surface area contributed by atoms with E-state index in [2.05, 4.69) is 10.3 Å². The van der Waals surface area contributed by atoms with Crippen molar-refractivity contribution in [1.29, 1.82) is 0 Å². The van der Waals surface area contributed by atoms with Crippen molar-refractivity contribution in [3.8, 4) is 0 Å². The van der Waals surface area contributed by atoms with Crippen LogP contribution < -0.4 is 5.32 Å². The van der Waals surface area contributed by atoms with Gasteiger partial charge in [0.15, 0.2) is 5.13 Å². The van der Waals surface area contributed by atoms with Gasteiger partial charge in [-0.1, -0.05) is 0 Å². The van der Waals surface area contributed by atoms with Gasteiger partial charge in [-0.15, -0.1) is 11.3 Å². The van der Waals surface area contributed by atoms with E-state index in [1.807, 2.05) is 0 Å². The van der Waals surface area contributed by atoms with Crippen molar-refractivity contribution in [3.05, 3.63) is 11.1 Å². The molecule has 1 aromatic rings. The highest BCUT2D eigenvalue weighted by molar-refractivity contribution is 7.13. The molecule has 0 spiro atoms. The molecule has 0 aliphatic rings. The van der Waals surface area contributed by atoms with Crippen molar-refractivity contribution in [2.45, 2.75) is 65.1 Å². The van der Waals surface area contributed by atoms with Crippen LogP contribution in [0.3, 0.4) is 0 Å². The number of carboxylic acid groups (broad SMARTS) is 1. The second-order valence-electron chi connectivity index (χ2n) is 7.39. The molecule has 1 unspecified atom stereocenters. The van der Waals surface area contributed by atoms with Crippen LogP contribution in [0.1, 0.15) is 59.6 Å². The molecule has 1 atom stereocenters. The van der Waals surface area contributed by atoms with E-state index in [0.29, 0.717) is 0 Å². The number of carbonyl (C=O) groups is 3. The first-order chi connectivity index (χ1) is 11.3. The van der Waals surface area contributed by atoms with Crippen LogP contribution in [0, 0.1) is 0 Å². The van der Waals surface area contributed by atoms with E-state index in [4.69, 9.17) is 9.47 Å². The summed E-state index contributed by atoms with van der Waals surface area (Å²) in [6.45, 7) is 10.3. The minimum absolute atomic E-state index is 0.175. The first kappa shape index (κ1) is 20.9. The number of anilines is 1. The lowest BCUT2D eigenvalue weighted by molar-refractivity contribution is -0.158. The first-order valence-corrected chi connectivity index (χ1v) is 8.55. The maximum Gasteiger partial charge on any atom is 0.413 e. The van der Waals surface area contributed by atoms with E-state index < -0.39 is 35.2 Å². The number of aliphatic carboxylic acids is 1. The first-order valence-electron chi connectivity index (χ1n) is 7.67. The Hall–Kier alpha value is -2.16. The number of nitrogens with one attached hydrogen (secondary N) is 1. The largest absolute Gasteiger partial charge is 0.481 e. The number of ether oxygens (including phenoxy) is 2. The third-order valence-corrected chi connectivity index (χ3v) is 3.35. The van der Waals surface area contributed by atoms with Gasteiger partial charge in [0, 0.05) is 5.38 Å². The van der Waals surface area contributed by atoms with E-state index in [1.54, 1.807) is 41.5 Å². The second-order valence-corrected chi connectivity index (χ2v) is 8.24. The van der Waals surface area contributed by atoms with Gasteiger partial charge in [-0.05, 0) is 41.5 Å². The Balaban J connectivity index is 2.80. The summed E-state index contributed by atoms with van der Waals surface area (Å²) in [5, 5.41) is 13.5. The van der Waals surface area contributed by atoms with Crippen molar-refractivity contribution in [2.75, 3.05) is 5.32 Å². The molecular formula is C16H24N2O6S. The van der Waals surface area contributed by atoms with Gasteiger partial charge in [0.2, 0.25) is 0 Å². The van der Waals surface area contributed by atoms with Crippen molar-refractivity contribution < 1.29 is 29.0 Å². The molecule has 1 aromatic heterocycles. The van der Waals surface area contributed by atoms with Gasteiger partial charge in [0.1, 0.15) is 17.1 Å². The third-order valence-electron chi connectivity index (χ3n) is 2.58. The number of esters is 1. The molecule has 0 bridgehead atoms. The number of carbonyl (C=O) groups excluding carboxylic acids is 2. The highest BCUT2D eigenvalue weighted by atomic mass is 32.1. The highest BCUT2D eigenvalue weighted by Crippen LogP contribution is 2.26. The summed E-state index contributed by atoms with van der Waals surface area (Å²) in [6, 6.07) is 0. The van der Waals surface area contributed by atoms with Crippen LogP contribution in [-0.4, -0.2) is 39.3 Å². The van der Waals surface area contributed by atoms with E-state index in [0.717, 1.165) is 11.3 Å². The molecule has 0 aliphatic carbocycles. The summed E-state index contributed by atoms with van der Waals surface area (Å²) < 4.78 is 10.3. The number of carboxylic acids is 1. The van der Waals surface area contributed by atoms with Crippen LogP contribution in [0.2, 0.25) is 0 Å². The average molecular weight is 372 g/mol. The van der Waals surface area contributed by atoms with Crippen LogP contribution in [0.15, 0.2) is 5.38 Å². The molecule has 1 rings (SSSR count). The predicted molar refractivity (Wildman–Crippen MR) is 92.8 cm³/mol. The Labute approximate surface area is 150 Å². The number of amides is 1. The van der Waals surface area contributed by atoms with Gasteiger partial charge in [-0.25, -0.2) is 9.78 Å². The number of thiazole rings is 1. The van der Waals surface area contributed by atoms with Crippen molar-refractivity contribution in [2.24, 2.45) is 0 Å². The fourth-order valence-corrected chi connectivity index (χ4v) is 2.51. The molecular weight excluding hydrogens is 348 g/mol. The Morgan fingerprint density at radius 3 is 2.20 bits per heavy atom. The summed E-state index contributed by atoms with van der Waals surface area (Å²) in [6.07, 6.45) is -1.03. The summed E-state index contributed by atoms with van der Waals surface area (Å²) in [5.41, 5.74) is -1.19. The molecule has 140 valence electrons. The lowest BCUT2D eigenvalue weighted by atomic mass is 10.0. The van der Waals surface area contributed by atoms with Crippen molar-refractivity contribution in [1.82, 2.24) is 4.98 Å². The fourth-order valence-electron chi connectivity index (χ4n) is 1.76. The van der Waals surface area contributed by atoms with Gasteiger partial charge < -0.3 is 14.6 Å². The minimum atomic E-state index is -1.19. The molecule has 0 radical (unpaired) electrons. The van der Waals surface area contributed by atoms with Gasteiger partial charge in [-0.3, -0.25) is 14.9 Å². The summed E-state index contributed by atoms with van der Waals surface area (Å²) >= 11 is 1.05. The highest BCUT2D eigenvalue weighted by Gasteiger charge is 2.29. The van der Waals surface area contributed by atoms with E-state index in [-0.39, 0.29) is 17.2 Å². The van der Waals surface area contributed by atoms with Crippen LogP contribution in [0.25, 0.3) is 0 Å². The second kappa shape index (κ2) is 7.81. The zero-order chi connectivity index (χ0) is 19.4. The van der Waals surface area contributed by atoms with E-state index in [1.165, 1.54) is 5.38 Å². The quantitative estimate of drug-likeness (QED) is 0.761. The zero-order valence-electron chi connectivity index (χ0n) is 15.2. The lowest BCUT2D eigenvalue weighted by Gasteiger charge is -2.20. The Bertz CT molecular complexity index is 642. The van der Waals surface area contributed by atoms with E-state index >= 15 is 0 Å². The van der Waals surface area contributed by atoms with Gasteiger partial charge in [0.25, 0.3) is 0 Å². The topological polar surface area (TPSA) is 115 Å². The molecule has 2 N–H and O–H groups in total. The third kappa shape index (κ3) is 7.97. The maximum absolute atomic E-state index is 11.9. The summed E-state index contributed by atoms with van der Waals surface area (Å²) in [4.78, 5) is 39.1.